The van der Waals surface area contributed by atoms with Gasteiger partial charge in [0.15, 0.2) is 0 Å². The van der Waals surface area contributed by atoms with Crippen LogP contribution in [0.1, 0.15) is 19.4 Å². The van der Waals surface area contributed by atoms with Crippen molar-refractivity contribution in [3.05, 3.63) is 34.9 Å². The number of methoxy groups -OCH3 is 1. The number of aromatic nitrogens is 2. The van der Waals surface area contributed by atoms with Crippen molar-refractivity contribution in [2.75, 3.05) is 7.11 Å². The van der Waals surface area contributed by atoms with Gasteiger partial charge in [0.1, 0.15) is 23.5 Å². The SMILES string of the molecule is C#Cc1c(OC)ncnc1-c1cc(OC(C)C)c(Cl)cc1F. The Kier molecular flexibility index (Phi) is 4.84. The standard InChI is InChI=1S/C16H14ClFN2O2/c1-5-10-15(19-8-20-16(10)21-4)11-6-14(22-9(2)3)12(17)7-13(11)18/h1,6-9H,2-4H3. The second-order valence-electron chi connectivity index (χ2n) is 4.68. The van der Waals surface area contributed by atoms with Gasteiger partial charge < -0.3 is 9.47 Å². The van der Waals surface area contributed by atoms with Gasteiger partial charge in [-0.2, -0.15) is 0 Å². The van der Waals surface area contributed by atoms with Crippen LogP contribution in [0.4, 0.5) is 4.39 Å². The Labute approximate surface area is 133 Å². The molecular formula is C16H14ClFN2O2. The van der Waals surface area contributed by atoms with Crippen molar-refractivity contribution < 1.29 is 13.9 Å². The summed E-state index contributed by atoms with van der Waals surface area (Å²) in [5.41, 5.74) is 0.688. The first-order chi connectivity index (χ1) is 10.5. The van der Waals surface area contributed by atoms with Crippen molar-refractivity contribution in [2.24, 2.45) is 0 Å². The number of nitrogens with zero attached hydrogens (tertiary/aromatic N) is 2. The highest BCUT2D eigenvalue weighted by atomic mass is 35.5. The first-order valence-electron chi connectivity index (χ1n) is 6.49. The van der Waals surface area contributed by atoms with Gasteiger partial charge in [0.25, 0.3) is 0 Å². The molecule has 0 atom stereocenters. The third-order valence-electron chi connectivity index (χ3n) is 2.79. The molecule has 114 valence electrons. The molecule has 1 aromatic heterocycles. The number of terminal acetylenes is 1. The molecule has 0 radical (unpaired) electrons. The molecule has 1 heterocycles. The van der Waals surface area contributed by atoms with Crippen LogP contribution in [-0.2, 0) is 0 Å². The van der Waals surface area contributed by atoms with Gasteiger partial charge in [-0.25, -0.2) is 14.4 Å². The van der Waals surface area contributed by atoms with E-state index < -0.39 is 5.82 Å². The van der Waals surface area contributed by atoms with Gasteiger partial charge in [-0.15, -0.1) is 6.42 Å². The predicted octanol–water partition coefficient (Wildman–Crippen LogP) is 3.71. The Morgan fingerprint density at radius 1 is 1.32 bits per heavy atom. The fourth-order valence-corrected chi connectivity index (χ4v) is 2.11. The van der Waals surface area contributed by atoms with Gasteiger partial charge in [0.05, 0.1) is 23.9 Å². The van der Waals surface area contributed by atoms with Crippen molar-refractivity contribution in [3.63, 3.8) is 0 Å². The first-order valence-corrected chi connectivity index (χ1v) is 6.87. The van der Waals surface area contributed by atoms with Gasteiger partial charge in [-0.05, 0) is 26.0 Å². The fourth-order valence-electron chi connectivity index (χ4n) is 1.91. The minimum Gasteiger partial charge on any atom is -0.489 e. The summed E-state index contributed by atoms with van der Waals surface area (Å²) in [5, 5.41) is 0.179. The molecule has 0 unspecified atom stereocenters. The largest absolute Gasteiger partial charge is 0.489 e. The summed E-state index contributed by atoms with van der Waals surface area (Å²) in [7, 11) is 1.43. The van der Waals surface area contributed by atoms with E-state index in [0.29, 0.717) is 5.75 Å². The molecule has 0 N–H and O–H groups in total. The van der Waals surface area contributed by atoms with Crippen LogP contribution >= 0.6 is 11.6 Å². The molecular weight excluding hydrogens is 307 g/mol. The van der Waals surface area contributed by atoms with Crippen molar-refractivity contribution in [1.29, 1.82) is 0 Å². The van der Waals surface area contributed by atoms with E-state index in [-0.39, 0.29) is 33.8 Å². The second-order valence-corrected chi connectivity index (χ2v) is 5.09. The Bertz CT molecular complexity index is 742. The van der Waals surface area contributed by atoms with Crippen LogP contribution in [0.15, 0.2) is 18.5 Å². The lowest BCUT2D eigenvalue weighted by atomic mass is 10.1. The molecule has 0 fully saturated rings. The smallest absolute Gasteiger partial charge is 0.232 e. The van der Waals surface area contributed by atoms with Crippen molar-refractivity contribution in [3.8, 4) is 35.2 Å². The number of hydrogen-bond donors (Lipinski definition) is 0. The third kappa shape index (κ3) is 3.12. The zero-order valence-electron chi connectivity index (χ0n) is 12.4. The van der Waals surface area contributed by atoms with Crippen LogP contribution < -0.4 is 9.47 Å². The topological polar surface area (TPSA) is 44.2 Å². The van der Waals surface area contributed by atoms with Crippen LogP contribution in [0.25, 0.3) is 11.3 Å². The summed E-state index contributed by atoms with van der Waals surface area (Å²) in [4.78, 5) is 7.98. The normalized spacial score (nSPS) is 10.4. The molecule has 0 spiro atoms. The molecule has 22 heavy (non-hydrogen) atoms. The average molecular weight is 321 g/mol. The average Bonchev–Trinajstić information content (AvgIpc) is 2.48. The maximum Gasteiger partial charge on any atom is 0.232 e. The highest BCUT2D eigenvalue weighted by Crippen LogP contribution is 2.35. The Hall–Kier alpha value is -2.32. The number of benzene rings is 1. The summed E-state index contributed by atoms with van der Waals surface area (Å²) in [5.74, 6) is 2.43. The molecule has 0 amide bonds. The van der Waals surface area contributed by atoms with Crippen LogP contribution in [-0.4, -0.2) is 23.2 Å². The monoisotopic (exact) mass is 320 g/mol. The third-order valence-corrected chi connectivity index (χ3v) is 3.08. The number of rotatable bonds is 4. The zero-order valence-corrected chi connectivity index (χ0v) is 13.1. The summed E-state index contributed by atoms with van der Waals surface area (Å²) in [6, 6.07) is 2.64. The van der Waals surface area contributed by atoms with Crippen molar-refractivity contribution >= 4 is 11.6 Å². The number of hydrogen-bond acceptors (Lipinski definition) is 4. The molecule has 0 aliphatic carbocycles. The number of ether oxygens (including phenoxy) is 2. The van der Waals surface area contributed by atoms with E-state index in [0.717, 1.165) is 0 Å². The molecule has 4 nitrogen and oxygen atoms in total. The van der Waals surface area contributed by atoms with Crippen LogP contribution in [0, 0.1) is 18.2 Å². The van der Waals surface area contributed by atoms with E-state index in [9.17, 15) is 4.39 Å². The molecule has 0 saturated carbocycles. The van der Waals surface area contributed by atoms with Gasteiger partial charge in [0.2, 0.25) is 5.88 Å². The molecule has 2 aromatic rings. The maximum absolute atomic E-state index is 14.3. The van der Waals surface area contributed by atoms with E-state index in [1.807, 2.05) is 13.8 Å². The molecule has 0 saturated heterocycles. The van der Waals surface area contributed by atoms with Crippen LogP contribution in [0.2, 0.25) is 5.02 Å². The molecule has 1 aromatic carbocycles. The van der Waals surface area contributed by atoms with Crippen LogP contribution in [0.3, 0.4) is 0 Å². The van der Waals surface area contributed by atoms with Gasteiger partial charge in [-0.3, -0.25) is 0 Å². The van der Waals surface area contributed by atoms with Gasteiger partial charge in [-0.1, -0.05) is 17.5 Å². The lowest BCUT2D eigenvalue weighted by molar-refractivity contribution is 0.242. The maximum atomic E-state index is 14.3. The number of halogens is 2. The first kappa shape index (κ1) is 16.1. The van der Waals surface area contributed by atoms with Crippen molar-refractivity contribution in [2.45, 2.75) is 20.0 Å². The quantitative estimate of drug-likeness (QED) is 0.805. The summed E-state index contributed by atoms with van der Waals surface area (Å²) in [6.45, 7) is 3.69. The van der Waals surface area contributed by atoms with E-state index in [1.54, 1.807) is 0 Å². The van der Waals surface area contributed by atoms with E-state index in [4.69, 9.17) is 27.5 Å². The second kappa shape index (κ2) is 6.63. The zero-order chi connectivity index (χ0) is 16.3. The van der Waals surface area contributed by atoms with E-state index in [2.05, 4.69) is 15.9 Å². The van der Waals surface area contributed by atoms with E-state index >= 15 is 0 Å². The van der Waals surface area contributed by atoms with Gasteiger partial charge >= 0.3 is 0 Å². The molecule has 0 aliphatic rings. The summed E-state index contributed by atoms with van der Waals surface area (Å²) in [6.07, 6.45) is 6.62. The Balaban J connectivity index is 2.65. The van der Waals surface area contributed by atoms with Gasteiger partial charge in [0, 0.05) is 5.56 Å². The lowest BCUT2D eigenvalue weighted by Gasteiger charge is -2.14. The summed E-state index contributed by atoms with van der Waals surface area (Å²) >= 11 is 6.00. The Morgan fingerprint density at radius 2 is 2.05 bits per heavy atom. The van der Waals surface area contributed by atoms with E-state index in [1.165, 1.54) is 25.6 Å². The molecule has 0 bridgehead atoms. The molecule has 0 aliphatic heterocycles. The Morgan fingerprint density at radius 3 is 2.64 bits per heavy atom. The minimum absolute atomic E-state index is 0.108. The predicted molar refractivity (Wildman–Crippen MR) is 82.7 cm³/mol. The lowest BCUT2D eigenvalue weighted by Crippen LogP contribution is -2.07. The molecule has 2 rings (SSSR count). The summed E-state index contributed by atoms with van der Waals surface area (Å²) < 4.78 is 24.9. The van der Waals surface area contributed by atoms with Crippen LogP contribution in [0.5, 0.6) is 11.6 Å². The molecule has 6 heteroatoms. The highest BCUT2D eigenvalue weighted by Gasteiger charge is 2.18. The van der Waals surface area contributed by atoms with Crippen molar-refractivity contribution in [1.82, 2.24) is 9.97 Å². The highest BCUT2D eigenvalue weighted by molar-refractivity contribution is 6.32. The fraction of sp³-hybridized carbons (Fsp3) is 0.250. The minimum atomic E-state index is -0.557.